The summed E-state index contributed by atoms with van der Waals surface area (Å²) in [5, 5.41) is 3.89. The molecule has 25 heavy (non-hydrogen) atoms. The van der Waals surface area contributed by atoms with E-state index in [0.717, 1.165) is 11.0 Å². The van der Waals surface area contributed by atoms with Crippen molar-refractivity contribution in [1.29, 1.82) is 0 Å². The number of fused-ring (bicyclic) bond motifs is 1. The highest BCUT2D eigenvalue weighted by molar-refractivity contribution is 5.79. The lowest BCUT2D eigenvalue weighted by Gasteiger charge is -2.14. The van der Waals surface area contributed by atoms with Crippen molar-refractivity contribution < 1.29 is 18.7 Å². The molecule has 5 heteroatoms. The van der Waals surface area contributed by atoms with Gasteiger partial charge in [0.15, 0.2) is 18.1 Å². The number of rotatable bonds is 7. The molecule has 0 aliphatic carbocycles. The van der Waals surface area contributed by atoms with Crippen molar-refractivity contribution in [2.24, 2.45) is 0 Å². The van der Waals surface area contributed by atoms with Crippen LogP contribution in [0.25, 0.3) is 11.0 Å². The highest BCUT2D eigenvalue weighted by Crippen LogP contribution is 2.26. The predicted octanol–water partition coefficient (Wildman–Crippen LogP) is 4.09. The van der Waals surface area contributed by atoms with Crippen molar-refractivity contribution in [3.8, 4) is 11.5 Å². The van der Waals surface area contributed by atoms with E-state index in [2.05, 4.69) is 5.32 Å². The SMILES string of the molecule is CCOc1ccccc1OCC(=O)NC(C)c1cc2ccccc2o1. The van der Waals surface area contributed by atoms with E-state index in [0.29, 0.717) is 23.9 Å². The van der Waals surface area contributed by atoms with Crippen LogP contribution >= 0.6 is 0 Å². The largest absolute Gasteiger partial charge is 0.490 e. The van der Waals surface area contributed by atoms with Gasteiger partial charge in [0.25, 0.3) is 5.91 Å². The molecule has 5 nitrogen and oxygen atoms in total. The maximum atomic E-state index is 12.2. The van der Waals surface area contributed by atoms with Gasteiger partial charge in [0.2, 0.25) is 0 Å². The van der Waals surface area contributed by atoms with Gasteiger partial charge in [-0.2, -0.15) is 0 Å². The minimum Gasteiger partial charge on any atom is -0.490 e. The standard InChI is InChI=1S/C20H21NO4/c1-3-23-17-10-6-7-11-18(17)24-13-20(22)21-14(2)19-12-15-8-4-5-9-16(15)25-19/h4-12,14H,3,13H2,1-2H3,(H,21,22). The van der Waals surface area contributed by atoms with Crippen LogP contribution in [0.1, 0.15) is 25.6 Å². The second-order valence-electron chi connectivity index (χ2n) is 5.64. The Labute approximate surface area is 146 Å². The summed E-state index contributed by atoms with van der Waals surface area (Å²) in [6.07, 6.45) is 0. The second kappa shape index (κ2) is 7.75. The third-order valence-corrected chi connectivity index (χ3v) is 3.76. The monoisotopic (exact) mass is 339 g/mol. The fourth-order valence-corrected chi connectivity index (χ4v) is 2.56. The minimum atomic E-state index is -0.245. The first-order valence-corrected chi connectivity index (χ1v) is 8.30. The maximum Gasteiger partial charge on any atom is 0.258 e. The van der Waals surface area contributed by atoms with Crippen LogP contribution in [-0.2, 0) is 4.79 Å². The molecular formula is C20H21NO4. The summed E-state index contributed by atoms with van der Waals surface area (Å²) in [5.74, 6) is 1.67. The average molecular weight is 339 g/mol. The summed E-state index contributed by atoms with van der Waals surface area (Å²) in [6, 6.07) is 16.7. The molecule has 0 spiro atoms. The van der Waals surface area contributed by atoms with Crippen LogP contribution in [0, 0.1) is 0 Å². The third-order valence-electron chi connectivity index (χ3n) is 3.76. The number of nitrogens with one attached hydrogen (secondary N) is 1. The molecule has 1 amide bonds. The highest BCUT2D eigenvalue weighted by atomic mass is 16.5. The third kappa shape index (κ3) is 4.12. The molecule has 2 aromatic carbocycles. The molecule has 1 aromatic heterocycles. The second-order valence-corrected chi connectivity index (χ2v) is 5.64. The summed E-state index contributed by atoms with van der Waals surface area (Å²) < 4.78 is 16.8. The number of benzene rings is 2. The Morgan fingerprint density at radius 3 is 2.48 bits per heavy atom. The van der Waals surface area contributed by atoms with Gasteiger partial charge in [-0.3, -0.25) is 4.79 Å². The zero-order valence-electron chi connectivity index (χ0n) is 14.3. The van der Waals surface area contributed by atoms with Gasteiger partial charge in [-0.25, -0.2) is 0 Å². The van der Waals surface area contributed by atoms with Crippen molar-refractivity contribution in [2.75, 3.05) is 13.2 Å². The number of carbonyl (C=O) groups is 1. The van der Waals surface area contributed by atoms with Crippen LogP contribution < -0.4 is 14.8 Å². The van der Waals surface area contributed by atoms with Crippen molar-refractivity contribution in [2.45, 2.75) is 19.9 Å². The molecule has 1 heterocycles. The molecule has 1 N–H and O–H groups in total. The first kappa shape index (κ1) is 16.9. The quantitative estimate of drug-likeness (QED) is 0.704. The number of furan rings is 1. The first-order chi connectivity index (χ1) is 12.2. The number of carbonyl (C=O) groups excluding carboxylic acids is 1. The van der Waals surface area contributed by atoms with E-state index in [9.17, 15) is 4.79 Å². The number of hydrogen-bond donors (Lipinski definition) is 1. The zero-order chi connectivity index (χ0) is 17.6. The van der Waals surface area contributed by atoms with E-state index in [4.69, 9.17) is 13.9 Å². The number of hydrogen-bond acceptors (Lipinski definition) is 4. The van der Waals surface area contributed by atoms with Crippen molar-refractivity contribution >= 4 is 16.9 Å². The molecular weight excluding hydrogens is 318 g/mol. The van der Waals surface area contributed by atoms with Crippen LogP contribution in [0.4, 0.5) is 0 Å². The van der Waals surface area contributed by atoms with Gasteiger partial charge in [0, 0.05) is 5.39 Å². The minimum absolute atomic E-state index is 0.0886. The van der Waals surface area contributed by atoms with Crippen molar-refractivity contribution in [3.63, 3.8) is 0 Å². The van der Waals surface area contributed by atoms with Gasteiger partial charge in [-0.1, -0.05) is 30.3 Å². The van der Waals surface area contributed by atoms with E-state index in [1.54, 1.807) is 6.07 Å². The summed E-state index contributed by atoms with van der Waals surface area (Å²) in [7, 11) is 0. The van der Waals surface area contributed by atoms with E-state index in [1.807, 2.05) is 62.4 Å². The van der Waals surface area contributed by atoms with Crippen LogP contribution in [0.3, 0.4) is 0 Å². The normalized spacial score (nSPS) is 11.9. The Hall–Kier alpha value is -2.95. The fourth-order valence-electron chi connectivity index (χ4n) is 2.56. The Balaban J connectivity index is 1.59. The van der Waals surface area contributed by atoms with Crippen molar-refractivity contribution in [3.05, 3.63) is 60.4 Å². The summed E-state index contributed by atoms with van der Waals surface area (Å²) >= 11 is 0. The van der Waals surface area contributed by atoms with Gasteiger partial charge in [0.1, 0.15) is 11.3 Å². The molecule has 0 saturated carbocycles. The lowest BCUT2D eigenvalue weighted by molar-refractivity contribution is -0.123. The smallest absolute Gasteiger partial charge is 0.258 e. The molecule has 0 saturated heterocycles. The van der Waals surface area contributed by atoms with Crippen LogP contribution in [-0.4, -0.2) is 19.1 Å². The molecule has 0 radical (unpaired) electrons. The maximum absolute atomic E-state index is 12.2. The van der Waals surface area contributed by atoms with Crippen LogP contribution in [0.5, 0.6) is 11.5 Å². The topological polar surface area (TPSA) is 60.7 Å². The highest BCUT2D eigenvalue weighted by Gasteiger charge is 2.15. The summed E-state index contributed by atoms with van der Waals surface area (Å²) in [5.41, 5.74) is 0.806. The number of amides is 1. The van der Waals surface area contributed by atoms with Crippen LogP contribution in [0.2, 0.25) is 0 Å². The average Bonchev–Trinajstić information content (AvgIpc) is 3.05. The Morgan fingerprint density at radius 2 is 1.76 bits per heavy atom. The first-order valence-electron chi connectivity index (χ1n) is 8.30. The molecule has 3 rings (SSSR count). The Morgan fingerprint density at radius 1 is 1.08 bits per heavy atom. The van der Waals surface area contributed by atoms with Gasteiger partial charge in [-0.05, 0) is 38.1 Å². The van der Waals surface area contributed by atoms with Crippen LogP contribution in [0.15, 0.2) is 59.0 Å². The number of para-hydroxylation sites is 3. The van der Waals surface area contributed by atoms with E-state index < -0.39 is 0 Å². The van der Waals surface area contributed by atoms with Gasteiger partial charge in [0.05, 0.1) is 12.6 Å². The van der Waals surface area contributed by atoms with Gasteiger partial charge < -0.3 is 19.2 Å². The lowest BCUT2D eigenvalue weighted by Crippen LogP contribution is -2.31. The molecule has 1 unspecified atom stereocenters. The van der Waals surface area contributed by atoms with Gasteiger partial charge in [-0.15, -0.1) is 0 Å². The zero-order valence-corrected chi connectivity index (χ0v) is 14.3. The molecule has 0 bridgehead atoms. The predicted molar refractivity (Wildman–Crippen MR) is 95.9 cm³/mol. The molecule has 0 fully saturated rings. The molecule has 130 valence electrons. The lowest BCUT2D eigenvalue weighted by atomic mass is 10.2. The fraction of sp³-hybridized carbons (Fsp3) is 0.250. The molecule has 1 atom stereocenters. The molecule has 0 aliphatic heterocycles. The Kier molecular flexibility index (Phi) is 5.23. The van der Waals surface area contributed by atoms with E-state index in [-0.39, 0.29) is 18.6 Å². The van der Waals surface area contributed by atoms with Gasteiger partial charge >= 0.3 is 0 Å². The molecule has 3 aromatic rings. The summed E-state index contributed by atoms with van der Waals surface area (Å²) in [4.78, 5) is 12.2. The van der Waals surface area contributed by atoms with E-state index in [1.165, 1.54) is 0 Å². The summed E-state index contributed by atoms with van der Waals surface area (Å²) in [6.45, 7) is 4.23. The van der Waals surface area contributed by atoms with E-state index >= 15 is 0 Å². The number of ether oxygens (including phenoxy) is 2. The Bertz CT molecular complexity index is 823. The molecule has 0 aliphatic rings. The van der Waals surface area contributed by atoms with Crippen molar-refractivity contribution in [1.82, 2.24) is 5.32 Å².